The normalized spacial score (nSPS) is 10.9. The van der Waals surface area contributed by atoms with Crippen molar-refractivity contribution in [1.82, 2.24) is 4.57 Å². The second kappa shape index (κ2) is 6.57. The summed E-state index contributed by atoms with van der Waals surface area (Å²) >= 11 is 0. The fourth-order valence-corrected chi connectivity index (χ4v) is 2.35. The molecule has 21 heavy (non-hydrogen) atoms. The van der Waals surface area contributed by atoms with Crippen LogP contribution in [0.4, 0.5) is 4.39 Å². The van der Waals surface area contributed by atoms with Gasteiger partial charge in [-0.3, -0.25) is 0 Å². The summed E-state index contributed by atoms with van der Waals surface area (Å²) in [5.41, 5.74) is 2.55. The van der Waals surface area contributed by atoms with Crippen LogP contribution in [0.1, 0.15) is 35.6 Å². The van der Waals surface area contributed by atoms with Crippen LogP contribution in [0.3, 0.4) is 0 Å². The van der Waals surface area contributed by atoms with E-state index in [1.165, 1.54) is 19.2 Å². The molecule has 2 rings (SSSR count). The van der Waals surface area contributed by atoms with Gasteiger partial charge in [0.25, 0.3) is 0 Å². The summed E-state index contributed by atoms with van der Waals surface area (Å²) in [6.07, 6.45) is 0.873. The Bertz CT molecular complexity index is 614. The molecule has 0 atom stereocenters. The summed E-state index contributed by atoms with van der Waals surface area (Å²) in [5.74, 6) is -0.133. The predicted octanol–water partition coefficient (Wildman–Crippen LogP) is 3.66. The van der Waals surface area contributed by atoms with Gasteiger partial charge in [0.1, 0.15) is 11.5 Å². The standard InChI is InChI=1S/C17H20FNO2/c1-12(2)10-15-8-9-16(17(20)21-3)19(15)11-13-4-6-14(18)7-5-13/h4-9,12H,10-11H2,1-3H3. The first kappa shape index (κ1) is 15.3. The van der Waals surface area contributed by atoms with E-state index in [0.717, 1.165) is 17.7 Å². The molecule has 1 aromatic carbocycles. The Kier molecular flexibility index (Phi) is 4.78. The highest BCUT2D eigenvalue weighted by Gasteiger charge is 2.16. The SMILES string of the molecule is COC(=O)c1ccc(CC(C)C)n1Cc1ccc(F)cc1. The van der Waals surface area contributed by atoms with Crippen LogP contribution in [-0.4, -0.2) is 17.6 Å². The van der Waals surface area contributed by atoms with Crippen molar-refractivity contribution < 1.29 is 13.9 Å². The highest BCUT2D eigenvalue weighted by Crippen LogP contribution is 2.17. The molecule has 4 heteroatoms. The van der Waals surface area contributed by atoms with E-state index in [-0.39, 0.29) is 11.8 Å². The van der Waals surface area contributed by atoms with E-state index < -0.39 is 0 Å². The Balaban J connectivity index is 2.35. The third kappa shape index (κ3) is 3.72. The van der Waals surface area contributed by atoms with Gasteiger partial charge in [0.2, 0.25) is 0 Å². The highest BCUT2D eigenvalue weighted by molar-refractivity contribution is 5.87. The second-order valence-corrected chi connectivity index (χ2v) is 5.51. The lowest BCUT2D eigenvalue weighted by Gasteiger charge is -2.14. The first-order valence-corrected chi connectivity index (χ1v) is 7.02. The van der Waals surface area contributed by atoms with E-state index in [4.69, 9.17) is 4.74 Å². The van der Waals surface area contributed by atoms with Crippen LogP contribution < -0.4 is 0 Å². The number of rotatable bonds is 5. The van der Waals surface area contributed by atoms with Crippen LogP contribution in [0.25, 0.3) is 0 Å². The molecule has 0 saturated heterocycles. The lowest BCUT2D eigenvalue weighted by molar-refractivity contribution is 0.0588. The first-order valence-electron chi connectivity index (χ1n) is 7.02. The molecule has 0 aliphatic heterocycles. The Morgan fingerprint density at radius 1 is 1.19 bits per heavy atom. The summed E-state index contributed by atoms with van der Waals surface area (Å²) < 4.78 is 19.8. The average Bonchev–Trinajstić information content (AvgIpc) is 2.83. The van der Waals surface area contributed by atoms with E-state index in [2.05, 4.69) is 13.8 Å². The van der Waals surface area contributed by atoms with Crippen molar-refractivity contribution in [2.75, 3.05) is 7.11 Å². The molecule has 112 valence electrons. The third-order valence-electron chi connectivity index (χ3n) is 3.34. The topological polar surface area (TPSA) is 31.2 Å². The van der Waals surface area contributed by atoms with Crippen molar-refractivity contribution in [3.8, 4) is 0 Å². The predicted molar refractivity (Wildman–Crippen MR) is 79.8 cm³/mol. The highest BCUT2D eigenvalue weighted by atomic mass is 19.1. The fraction of sp³-hybridized carbons (Fsp3) is 0.353. The minimum absolute atomic E-state index is 0.262. The number of hydrogen-bond acceptors (Lipinski definition) is 2. The molecule has 0 saturated carbocycles. The molecule has 2 aromatic rings. The number of hydrogen-bond donors (Lipinski definition) is 0. The van der Waals surface area contributed by atoms with Crippen LogP contribution >= 0.6 is 0 Å². The minimum Gasteiger partial charge on any atom is -0.464 e. The van der Waals surface area contributed by atoms with E-state index in [9.17, 15) is 9.18 Å². The molecule has 1 heterocycles. The average molecular weight is 289 g/mol. The second-order valence-electron chi connectivity index (χ2n) is 5.51. The number of halogens is 1. The largest absolute Gasteiger partial charge is 0.464 e. The maximum absolute atomic E-state index is 13.0. The minimum atomic E-state index is -0.355. The van der Waals surface area contributed by atoms with Gasteiger partial charge in [-0.05, 0) is 42.2 Å². The molecular weight excluding hydrogens is 269 g/mol. The fourth-order valence-electron chi connectivity index (χ4n) is 2.35. The monoisotopic (exact) mass is 289 g/mol. The molecule has 0 unspecified atom stereocenters. The molecule has 3 nitrogen and oxygen atoms in total. The van der Waals surface area contributed by atoms with Gasteiger partial charge in [-0.25, -0.2) is 9.18 Å². The summed E-state index contributed by atoms with van der Waals surface area (Å²) in [6.45, 7) is 4.79. The molecular formula is C17H20FNO2. The number of carbonyl (C=O) groups excluding carboxylic acids is 1. The number of aromatic nitrogens is 1. The molecule has 0 N–H and O–H groups in total. The Labute approximate surface area is 124 Å². The summed E-state index contributed by atoms with van der Waals surface area (Å²) in [7, 11) is 1.37. The van der Waals surface area contributed by atoms with Crippen molar-refractivity contribution in [2.24, 2.45) is 5.92 Å². The summed E-state index contributed by atoms with van der Waals surface area (Å²) in [4.78, 5) is 11.9. The molecule has 0 spiro atoms. The van der Waals surface area contributed by atoms with Crippen LogP contribution in [0.5, 0.6) is 0 Å². The first-order chi connectivity index (χ1) is 10.0. The Hall–Kier alpha value is -2.10. The van der Waals surface area contributed by atoms with Gasteiger partial charge < -0.3 is 9.30 Å². The van der Waals surface area contributed by atoms with Crippen molar-refractivity contribution in [2.45, 2.75) is 26.8 Å². The van der Waals surface area contributed by atoms with Crippen LogP contribution in [0.2, 0.25) is 0 Å². The van der Waals surface area contributed by atoms with Gasteiger partial charge in [0.05, 0.1) is 7.11 Å². The van der Waals surface area contributed by atoms with E-state index >= 15 is 0 Å². The smallest absolute Gasteiger partial charge is 0.354 e. The van der Waals surface area contributed by atoms with Crippen molar-refractivity contribution >= 4 is 5.97 Å². The van der Waals surface area contributed by atoms with E-state index in [1.54, 1.807) is 18.2 Å². The number of methoxy groups -OCH3 is 1. The molecule has 1 aromatic heterocycles. The van der Waals surface area contributed by atoms with E-state index in [0.29, 0.717) is 18.2 Å². The van der Waals surface area contributed by atoms with Gasteiger partial charge >= 0.3 is 5.97 Å². The van der Waals surface area contributed by atoms with Gasteiger partial charge in [-0.15, -0.1) is 0 Å². The maximum atomic E-state index is 13.0. The molecule has 0 aliphatic carbocycles. The maximum Gasteiger partial charge on any atom is 0.354 e. The third-order valence-corrected chi connectivity index (χ3v) is 3.34. The zero-order valence-corrected chi connectivity index (χ0v) is 12.6. The van der Waals surface area contributed by atoms with Crippen molar-refractivity contribution in [1.29, 1.82) is 0 Å². The number of carbonyl (C=O) groups is 1. The number of benzene rings is 1. The summed E-state index contributed by atoms with van der Waals surface area (Å²) in [6, 6.07) is 10.1. The Morgan fingerprint density at radius 2 is 1.86 bits per heavy atom. The zero-order chi connectivity index (χ0) is 15.4. The quantitative estimate of drug-likeness (QED) is 0.787. The molecule has 0 radical (unpaired) electrons. The van der Waals surface area contributed by atoms with Crippen molar-refractivity contribution in [3.63, 3.8) is 0 Å². The zero-order valence-electron chi connectivity index (χ0n) is 12.6. The lowest BCUT2D eigenvalue weighted by Crippen LogP contribution is -2.14. The Morgan fingerprint density at radius 3 is 2.43 bits per heavy atom. The van der Waals surface area contributed by atoms with Gasteiger partial charge in [0.15, 0.2) is 0 Å². The lowest BCUT2D eigenvalue weighted by atomic mass is 10.1. The number of esters is 1. The molecule has 0 aliphatic rings. The van der Waals surface area contributed by atoms with Crippen LogP contribution in [-0.2, 0) is 17.7 Å². The van der Waals surface area contributed by atoms with Gasteiger partial charge in [-0.1, -0.05) is 26.0 Å². The molecule has 0 fully saturated rings. The van der Waals surface area contributed by atoms with Crippen LogP contribution in [0.15, 0.2) is 36.4 Å². The van der Waals surface area contributed by atoms with Gasteiger partial charge in [-0.2, -0.15) is 0 Å². The van der Waals surface area contributed by atoms with Gasteiger partial charge in [0, 0.05) is 12.2 Å². The van der Waals surface area contributed by atoms with Crippen molar-refractivity contribution in [3.05, 3.63) is 59.2 Å². The number of nitrogens with zero attached hydrogens (tertiary/aromatic N) is 1. The summed E-state index contributed by atoms with van der Waals surface area (Å²) in [5, 5.41) is 0. The number of ether oxygens (including phenoxy) is 1. The van der Waals surface area contributed by atoms with Crippen LogP contribution in [0, 0.1) is 11.7 Å². The van der Waals surface area contributed by atoms with E-state index in [1.807, 2.05) is 10.6 Å². The molecule has 0 bridgehead atoms. The molecule has 0 amide bonds.